The lowest BCUT2D eigenvalue weighted by Crippen LogP contribution is -2.44. The molecule has 9 nitrogen and oxygen atoms in total. The molecule has 2 aromatic rings. The molecule has 0 radical (unpaired) electrons. The third-order valence-electron chi connectivity index (χ3n) is 5.98. The van der Waals surface area contributed by atoms with E-state index in [0.29, 0.717) is 40.4 Å². The zero-order valence-electron chi connectivity index (χ0n) is 19.1. The summed E-state index contributed by atoms with van der Waals surface area (Å²) in [6, 6.07) is 12.7. The maximum atomic E-state index is 13.0. The van der Waals surface area contributed by atoms with Crippen molar-refractivity contribution in [2.45, 2.75) is 0 Å². The van der Waals surface area contributed by atoms with Crippen molar-refractivity contribution in [1.29, 1.82) is 0 Å². The smallest absolute Gasteiger partial charge is 0.337 e. The molecule has 0 saturated carbocycles. The molecule has 3 N–H and O–H groups in total. The number of anilines is 2. The predicted octanol–water partition coefficient (Wildman–Crippen LogP) is 2.73. The molecule has 3 aliphatic rings. The first-order valence-electron chi connectivity index (χ1n) is 10.9. The van der Waals surface area contributed by atoms with Crippen LogP contribution >= 0.6 is 24.8 Å². The molecule has 3 aliphatic heterocycles. The quantitative estimate of drug-likeness (QED) is 0.241. The molecule has 1 fully saturated rings. The van der Waals surface area contributed by atoms with Crippen LogP contribution in [0.15, 0.2) is 53.3 Å². The lowest BCUT2D eigenvalue weighted by Gasteiger charge is -2.26. The number of nitrogens with zero attached hydrogens (tertiary/aromatic N) is 2. The minimum atomic E-state index is -0.464. The van der Waals surface area contributed by atoms with Crippen molar-refractivity contribution in [2.24, 2.45) is 5.16 Å². The Balaban J connectivity index is 0.00000171. The number of esters is 1. The molecule has 11 heteroatoms. The number of rotatable bonds is 5. The number of benzene rings is 2. The van der Waals surface area contributed by atoms with Gasteiger partial charge in [0.2, 0.25) is 0 Å². The molecule has 186 valence electrons. The molecular formula is C24H27Cl2N5O4. The van der Waals surface area contributed by atoms with Gasteiger partial charge in [-0.05, 0) is 24.3 Å². The number of hydrogen-bond donors (Lipinski definition) is 3. The highest BCUT2D eigenvalue weighted by Crippen LogP contribution is 2.39. The van der Waals surface area contributed by atoms with E-state index in [2.05, 4.69) is 26.0 Å². The summed E-state index contributed by atoms with van der Waals surface area (Å²) in [5.74, 6) is -0.731. The largest absolute Gasteiger partial charge is 0.465 e. The maximum absolute atomic E-state index is 13.0. The lowest BCUT2D eigenvalue weighted by molar-refractivity contribution is -0.110. The standard InChI is InChI=1S/C24H25N5O4.2ClH/c1-32-24(31)15-6-7-19-17(14-15)20(23(30)27-19)22-21(16-4-2-3-5-18(16)26-22)28-33-13-12-29-10-8-25-9-11-29;;/h2-7,14,25-26H,8-13H2,1H3,(H,27,30);2*1H/b22-20-,28-21+;;. The number of oxime groups is 1. The van der Waals surface area contributed by atoms with Crippen molar-refractivity contribution in [3.05, 3.63) is 64.9 Å². The van der Waals surface area contributed by atoms with E-state index >= 15 is 0 Å². The second-order valence-corrected chi connectivity index (χ2v) is 7.99. The molecule has 5 rings (SSSR count). The van der Waals surface area contributed by atoms with Crippen molar-refractivity contribution >= 4 is 59.4 Å². The Morgan fingerprint density at radius 3 is 2.54 bits per heavy atom. The van der Waals surface area contributed by atoms with Crippen LogP contribution in [-0.4, -0.2) is 68.9 Å². The number of piperazine rings is 1. The van der Waals surface area contributed by atoms with E-state index in [1.165, 1.54) is 7.11 Å². The summed E-state index contributed by atoms with van der Waals surface area (Å²) >= 11 is 0. The van der Waals surface area contributed by atoms with E-state index in [1.807, 2.05) is 24.3 Å². The van der Waals surface area contributed by atoms with Crippen molar-refractivity contribution in [1.82, 2.24) is 10.2 Å². The van der Waals surface area contributed by atoms with Crippen LogP contribution in [0, 0.1) is 0 Å². The van der Waals surface area contributed by atoms with Gasteiger partial charge in [-0.1, -0.05) is 23.4 Å². The number of methoxy groups -OCH3 is 1. The minimum absolute atomic E-state index is 0. The summed E-state index contributed by atoms with van der Waals surface area (Å²) in [5, 5.41) is 14.0. The lowest BCUT2D eigenvalue weighted by atomic mass is 9.99. The van der Waals surface area contributed by atoms with Crippen LogP contribution in [0.5, 0.6) is 0 Å². The number of fused-ring (bicyclic) bond motifs is 2. The fourth-order valence-electron chi connectivity index (χ4n) is 4.28. The van der Waals surface area contributed by atoms with Gasteiger partial charge in [0, 0.05) is 55.2 Å². The van der Waals surface area contributed by atoms with Crippen LogP contribution in [0.25, 0.3) is 5.57 Å². The highest BCUT2D eigenvalue weighted by molar-refractivity contribution is 6.39. The Labute approximate surface area is 215 Å². The number of ether oxygens (including phenoxy) is 1. The van der Waals surface area contributed by atoms with Gasteiger partial charge in [0.25, 0.3) is 5.91 Å². The molecule has 0 aliphatic carbocycles. The second kappa shape index (κ2) is 11.5. The number of para-hydroxylation sites is 1. The molecule has 0 atom stereocenters. The minimum Gasteiger partial charge on any atom is -0.465 e. The molecular weight excluding hydrogens is 493 g/mol. The molecule has 2 aromatic carbocycles. The highest BCUT2D eigenvalue weighted by atomic mass is 35.5. The molecule has 0 unspecified atom stereocenters. The van der Waals surface area contributed by atoms with E-state index in [9.17, 15) is 9.59 Å². The first-order chi connectivity index (χ1) is 16.2. The number of amides is 1. The van der Waals surface area contributed by atoms with E-state index in [-0.39, 0.29) is 30.7 Å². The van der Waals surface area contributed by atoms with E-state index in [4.69, 9.17) is 9.57 Å². The predicted molar refractivity (Wildman–Crippen MR) is 140 cm³/mol. The summed E-state index contributed by atoms with van der Waals surface area (Å²) in [6.45, 7) is 5.15. The molecule has 0 spiro atoms. The second-order valence-electron chi connectivity index (χ2n) is 7.99. The number of carbonyl (C=O) groups excluding carboxylic acids is 2. The molecule has 1 amide bonds. The number of carbonyl (C=O) groups is 2. The number of allylic oxidation sites excluding steroid dienone is 1. The first-order valence-corrected chi connectivity index (χ1v) is 10.9. The Morgan fingerprint density at radius 2 is 1.77 bits per heavy atom. The van der Waals surface area contributed by atoms with Crippen molar-refractivity contribution < 1.29 is 19.2 Å². The van der Waals surface area contributed by atoms with Gasteiger partial charge in [-0.2, -0.15) is 0 Å². The van der Waals surface area contributed by atoms with Gasteiger partial charge in [-0.3, -0.25) is 9.69 Å². The molecule has 0 aromatic heterocycles. The van der Waals surface area contributed by atoms with Gasteiger partial charge in [0.15, 0.2) is 0 Å². The average molecular weight is 520 g/mol. The molecule has 35 heavy (non-hydrogen) atoms. The van der Waals surface area contributed by atoms with E-state index in [1.54, 1.807) is 18.2 Å². The monoisotopic (exact) mass is 519 g/mol. The van der Waals surface area contributed by atoms with Crippen LogP contribution in [-0.2, 0) is 14.4 Å². The topological polar surface area (TPSA) is 104 Å². The van der Waals surface area contributed by atoms with Gasteiger partial charge in [0.05, 0.1) is 23.9 Å². The van der Waals surface area contributed by atoms with E-state index < -0.39 is 5.97 Å². The highest BCUT2D eigenvalue weighted by Gasteiger charge is 2.34. The summed E-state index contributed by atoms with van der Waals surface area (Å²) in [6.07, 6.45) is 0. The zero-order chi connectivity index (χ0) is 22.8. The van der Waals surface area contributed by atoms with E-state index in [0.717, 1.165) is 44.0 Å². The summed E-state index contributed by atoms with van der Waals surface area (Å²) in [5.41, 5.74) is 4.84. The van der Waals surface area contributed by atoms with Crippen molar-refractivity contribution in [3.63, 3.8) is 0 Å². The third kappa shape index (κ3) is 5.28. The van der Waals surface area contributed by atoms with Gasteiger partial charge in [-0.15, -0.1) is 24.8 Å². The Hall–Kier alpha value is -3.11. The van der Waals surface area contributed by atoms with Gasteiger partial charge in [-0.25, -0.2) is 4.79 Å². The molecule has 3 heterocycles. The van der Waals surface area contributed by atoms with Crippen LogP contribution in [0.1, 0.15) is 21.5 Å². The summed E-state index contributed by atoms with van der Waals surface area (Å²) in [4.78, 5) is 33.1. The third-order valence-corrected chi connectivity index (χ3v) is 5.98. The Bertz CT molecular complexity index is 1180. The van der Waals surface area contributed by atoms with Gasteiger partial charge in [0.1, 0.15) is 12.3 Å². The number of nitrogens with one attached hydrogen (secondary N) is 3. The molecule has 0 bridgehead atoms. The number of hydrogen-bond acceptors (Lipinski definition) is 8. The normalized spacial score (nSPS) is 19.6. The molecule has 1 saturated heterocycles. The number of halogens is 2. The fraction of sp³-hybridized carbons (Fsp3) is 0.292. The van der Waals surface area contributed by atoms with Crippen LogP contribution < -0.4 is 16.0 Å². The SMILES string of the molecule is COC(=O)c1ccc2c(c1)/C(=C1/Nc3ccccc3/C1=N\OCCN1CCNCC1)C(=O)N2.Cl.Cl. The van der Waals surface area contributed by atoms with Crippen LogP contribution in [0.4, 0.5) is 11.4 Å². The maximum Gasteiger partial charge on any atom is 0.337 e. The summed E-state index contributed by atoms with van der Waals surface area (Å²) < 4.78 is 4.84. The Kier molecular flexibility index (Phi) is 8.74. The average Bonchev–Trinajstić information content (AvgIpc) is 3.37. The van der Waals surface area contributed by atoms with Crippen LogP contribution in [0.3, 0.4) is 0 Å². The van der Waals surface area contributed by atoms with Gasteiger partial charge < -0.3 is 25.5 Å². The van der Waals surface area contributed by atoms with Crippen LogP contribution in [0.2, 0.25) is 0 Å². The fourth-order valence-corrected chi connectivity index (χ4v) is 4.28. The van der Waals surface area contributed by atoms with Crippen molar-refractivity contribution in [3.8, 4) is 0 Å². The Morgan fingerprint density at radius 1 is 1.03 bits per heavy atom. The zero-order valence-corrected chi connectivity index (χ0v) is 20.8. The first kappa shape index (κ1) is 26.5. The summed E-state index contributed by atoms with van der Waals surface area (Å²) in [7, 11) is 1.33. The van der Waals surface area contributed by atoms with Gasteiger partial charge >= 0.3 is 5.97 Å². The van der Waals surface area contributed by atoms with Crippen molar-refractivity contribution in [2.75, 3.05) is 57.1 Å².